The van der Waals surface area contributed by atoms with E-state index in [0.29, 0.717) is 28.7 Å². The highest BCUT2D eigenvalue weighted by Crippen LogP contribution is 2.45. The fourth-order valence-corrected chi connectivity index (χ4v) is 5.94. The van der Waals surface area contributed by atoms with Crippen molar-refractivity contribution in [2.24, 2.45) is 0 Å². The van der Waals surface area contributed by atoms with Crippen LogP contribution >= 0.6 is 23.7 Å². The van der Waals surface area contributed by atoms with Crippen molar-refractivity contribution >= 4 is 45.0 Å². The molecule has 1 amide bonds. The van der Waals surface area contributed by atoms with Gasteiger partial charge < -0.3 is 9.47 Å². The molecular weight excluding hydrogens is 513 g/mol. The fraction of sp³-hybridized carbons (Fsp3) is 0.286. The molecule has 1 saturated heterocycles. The van der Waals surface area contributed by atoms with Crippen LogP contribution in [-0.2, 0) is 9.53 Å². The molecule has 3 heterocycles. The maximum Gasteiger partial charge on any atom is 0.241 e. The molecule has 0 spiro atoms. The van der Waals surface area contributed by atoms with Crippen LogP contribution in [-0.4, -0.2) is 55.2 Å². The first kappa shape index (κ1) is 25.6. The topological polar surface area (TPSA) is 54.9 Å². The Bertz CT molecular complexity index is 1360. The molecular formula is C28H27ClFN3O3S. The van der Waals surface area contributed by atoms with E-state index in [1.807, 2.05) is 54.6 Å². The van der Waals surface area contributed by atoms with Gasteiger partial charge in [0.15, 0.2) is 5.13 Å². The minimum absolute atomic E-state index is 0. The van der Waals surface area contributed by atoms with Crippen molar-refractivity contribution in [3.63, 3.8) is 0 Å². The summed E-state index contributed by atoms with van der Waals surface area (Å²) < 4.78 is 26.8. The van der Waals surface area contributed by atoms with Crippen LogP contribution in [0, 0.1) is 5.82 Å². The van der Waals surface area contributed by atoms with Gasteiger partial charge in [-0.15, -0.1) is 12.4 Å². The Balaban J connectivity index is 0.00000280. The predicted octanol–water partition coefficient (Wildman–Crippen LogP) is 5.85. The van der Waals surface area contributed by atoms with Crippen LogP contribution < -0.4 is 9.64 Å². The van der Waals surface area contributed by atoms with Crippen molar-refractivity contribution in [2.45, 2.75) is 12.3 Å². The number of nitrogens with zero attached hydrogens (tertiary/aromatic N) is 3. The van der Waals surface area contributed by atoms with Crippen molar-refractivity contribution in [1.82, 2.24) is 9.88 Å². The fourth-order valence-electron chi connectivity index (χ4n) is 4.93. The first-order valence-electron chi connectivity index (χ1n) is 12.2. The first-order chi connectivity index (χ1) is 17.7. The standard InChI is InChI=1S/C28H26FN3O3S.ClH/c29-21-9-5-12-24-26(21)30-28(36-24)32(14-6-13-31-15-17-34-18-16-31)27(33)25-19-7-1-3-10-22(19)35-23-11-4-2-8-20(23)25;/h1-5,7-12,25H,6,13-18H2;1H. The summed E-state index contributed by atoms with van der Waals surface area (Å²) in [5.74, 6) is 0.361. The largest absolute Gasteiger partial charge is 0.457 e. The average molecular weight is 540 g/mol. The molecule has 0 unspecified atom stereocenters. The van der Waals surface area contributed by atoms with Crippen molar-refractivity contribution in [1.29, 1.82) is 0 Å². The average Bonchev–Trinajstić information content (AvgIpc) is 3.35. The Labute approximate surface area is 225 Å². The molecule has 0 bridgehead atoms. The second-order valence-corrected chi connectivity index (χ2v) is 10.0. The SMILES string of the molecule is Cl.O=C(C1c2ccccc2Oc2ccccc21)N(CCCN1CCOCC1)c1nc2c(F)cccc2s1. The van der Waals surface area contributed by atoms with Gasteiger partial charge in [-0.1, -0.05) is 53.8 Å². The molecule has 2 aliphatic heterocycles. The normalized spacial score (nSPS) is 15.4. The molecule has 4 aromatic rings. The molecule has 0 atom stereocenters. The molecule has 2 aliphatic rings. The Morgan fingerprint density at radius 3 is 2.35 bits per heavy atom. The lowest BCUT2D eigenvalue weighted by molar-refractivity contribution is -0.119. The summed E-state index contributed by atoms with van der Waals surface area (Å²) in [5.41, 5.74) is 1.95. The summed E-state index contributed by atoms with van der Waals surface area (Å²) in [6.45, 7) is 4.58. The van der Waals surface area contributed by atoms with E-state index in [4.69, 9.17) is 9.47 Å². The van der Waals surface area contributed by atoms with Crippen molar-refractivity contribution < 1.29 is 18.7 Å². The van der Waals surface area contributed by atoms with Gasteiger partial charge in [-0.25, -0.2) is 9.37 Å². The monoisotopic (exact) mass is 539 g/mol. The number of halogens is 2. The van der Waals surface area contributed by atoms with Gasteiger partial charge in [0.25, 0.3) is 0 Å². The van der Waals surface area contributed by atoms with E-state index >= 15 is 0 Å². The number of anilines is 1. The summed E-state index contributed by atoms with van der Waals surface area (Å²) in [6, 6.07) is 20.2. The van der Waals surface area contributed by atoms with Gasteiger partial charge in [0.1, 0.15) is 22.8 Å². The minimum Gasteiger partial charge on any atom is -0.457 e. The Kier molecular flexibility index (Phi) is 7.71. The molecule has 1 fully saturated rings. The number of fused-ring (bicyclic) bond motifs is 3. The van der Waals surface area contributed by atoms with Crippen LogP contribution in [0.3, 0.4) is 0 Å². The number of hydrogen-bond acceptors (Lipinski definition) is 6. The van der Waals surface area contributed by atoms with Gasteiger partial charge in [-0.3, -0.25) is 14.6 Å². The Morgan fingerprint density at radius 1 is 1.00 bits per heavy atom. The van der Waals surface area contributed by atoms with Crippen LogP contribution in [0.25, 0.3) is 10.2 Å². The number of amides is 1. The van der Waals surface area contributed by atoms with Gasteiger partial charge in [-0.05, 0) is 30.7 Å². The third-order valence-electron chi connectivity index (χ3n) is 6.74. The number of rotatable bonds is 6. The molecule has 0 N–H and O–H groups in total. The summed E-state index contributed by atoms with van der Waals surface area (Å²) in [7, 11) is 0. The van der Waals surface area contributed by atoms with E-state index in [2.05, 4.69) is 9.88 Å². The number of thiazole rings is 1. The third-order valence-corrected chi connectivity index (χ3v) is 7.79. The smallest absolute Gasteiger partial charge is 0.241 e. The lowest BCUT2D eigenvalue weighted by Gasteiger charge is -2.32. The lowest BCUT2D eigenvalue weighted by Crippen LogP contribution is -2.40. The number of carbonyl (C=O) groups is 1. The number of ether oxygens (including phenoxy) is 2. The molecule has 9 heteroatoms. The van der Waals surface area contributed by atoms with Gasteiger partial charge >= 0.3 is 0 Å². The maximum atomic E-state index is 14.5. The van der Waals surface area contributed by atoms with Gasteiger partial charge in [-0.2, -0.15) is 0 Å². The van der Waals surface area contributed by atoms with Crippen LogP contribution in [0.1, 0.15) is 23.5 Å². The van der Waals surface area contributed by atoms with Crippen LogP contribution in [0.4, 0.5) is 9.52 Å². The second-order valence-electron chi connectivity index (χ2n) is 8.99. The highest BCUT2D eigenvalue weighted by atomic mass is 35.5. The highest BCUT2D eigenvalue weighted by Gasteiger charge is 2.36. The van der Waals surface area contributed by atoms with E-state index in [9.17, 15) is 9.18 Å². The molecule has 6 rings (SSSR count). The molecule has 0 saturated carbocycles. The summed E-state index contributed by atoms with van der Waals surface area (Å²) in [5, 5.41) is 0.517. The van der Waals surface area contributed by atoms with Gasteiger partial charge in [0, 0.05) is 37.3 Å². The number of carbonyl (C=O) groups excluding carboxylic acids is 1. The van der Waals surface area contributed by atoms with Crippen molar-refractivity contribution in [2.75, 3.05) is 44.3 Å². The van der Waals surface area contributed by atoms with Crippen LogP contribution in [0.2, 0.25) is 0 Å². The maximum absolute atomic E-state index is 14.5. The predicted molar refractivity (Wildman–Crippen MR) is 146 cm³/mol. The summed E-state index contributed by atoms with van der Waals surface area (Å²) in [6.07, 6.45) is 0.774. The summed E-state index contributed by atoms with van der Waals surface area (Å²) >= 11 is 1.35. The van der Waals surface area contributed by atoms with E-state index in [1.54, 1.807) is 11.0 Å². The number of hydrogen-bond donors (Lipinski definition) is 0. The minimum atomic E-state index is -0.536. The molecule has 192 valence electrons. The third kappa shape index (κ3) is 5.07. The quantitative estimate of drug-likeness (QED) is 0.308. The van der Waals surface area contributed by atoms with Crippen LogP contribution in [0.5, 0.6) is 11.5 Å². The van der Waals surface area contributed by atoms with E-state index in [1.165, 1.54) is 17.4 Å². The van der Waals surface area contributed by atoms with E-state index in [-0.39, 0.29) is 24.1 Å². The summed E-state index contributed by atoms with van der Waals surface area (Å²) in [4.78, 5) is 23.1. The van der Waals surface area contributed by atoms with Gasteiger partial charge in [0.2, 0.25) is 5.91 Å². The molecule has 3 aromatic carbocycles. The number of morpholine rings is 1. The highest BCUT2D eigenvalue weighted by molar-refractivity contribution is 7.22. The number of aromatic nitrogens is 1. The zero-order valence-electron chi connectivity index (χ0n) is 20.1. The second kappa shape index (κ2) is 11.1. The zero-order chi connectivity index (χ0) is 24.5. The zero-order valence-corrected chi connectivity index (χ0v) is 21.8. The first-order valence-corrected chi connectivity index (χ1v) is 13.0. The molecule has 0 radical (unpaired) electrons. The number of para-hydroxylation sites is 3. The molecule has 0 aliphatic carbocycles. The molecule has 37 heavy (non-hydrogen) atoms. The van der Waals surface area contributed by atoms with Crippen molar-refractivity contribution in [3.05, 3.63) is 83.7 Å². The van der Waals surface area contributed by atoms with Crippen LogP contribution in [0.15, 0.2) is 66.7 Å². The Hall–Kier alpha value is -3.04. The molecule has 6 nitrogen and oxygen atoms in total. The number of benzene rings is 3. The van der Waals surface area contributed by atoms with Gasteiger partial charge in [0.05, 0.1) is 23.8 Å². The molecule has 1 aromatic heterocycles. The van der Waals surface area contributed by atoms with E-state index < -0.39 is 5.92 Å². The van der Waals surface area contributed by atoms with Crippen molar-refractivity contribution in [3.8, 4) is 11.5 Å². The van der Waals surface area contributed by atoms with E-state index in [0.717, 1.165) is 55.1 Å². The Morgan fingerprint density at radius 2 is 1.68 bits per heavy atom. The lowest BCUT2D eigenvalue weighted by atomic mass is 9.87.